The van der Waals surface area contributed by atoms with Crippen LogP contribution in [0.4, 0.5) is 0 Å². The zero-order valence-corrected chi connectivity index (χ0v) is 12.7. The molecule has 0 saturated carbocycles. The second-order valence-electron chi connectivity index (χ2n) is 6.46. The van der Waals surface area contributed by atoms with Crippen molar-refractivity contribution in [3.8, 4) is 0 Å². The van der Waals surface area contributed by atoms with E-state index in [1.165, 1.54) is 4.90 Å². The second kappa shape index (κ2) is 5.85. The summed E-state index contributed by atoms with van der Waals surface area (Å²) in [6.45, 7) is 6.89. The van der Waals surface area contributed by atoms with E-state index < -0.39 is 11.9 Å². The Balaban J connectivity index is 2.18. The molecule has 21 heavy (non-hydrogen) atoms. The Bertz CT molecular complexity index is 531. The zero-order valence-electron chi connectivity index (χ0n) is 12.7. The summed E-state index contributed by atoms with van der Waals surface area (Å²) in [6, 6.07) is 6.92. The molecule has 0 aromatic heterocycles. The van der Waals surface area contributed by atoms with Gasteiger partial charge in [0.15, 0.2) is 0 Å². The summed E-state index contributed by atoms with van der Waals surface area (Å²) in [4.78, 5) is 25.6. The molecule has 1 unspecified atom stereocenters. The number of amides is 2. The Kier molecular flexibility index (Phi) is 4.32. The molecule has 5 nitrogen and oxygen atoms in total. The number of carbonyl (C=O) groups is 2. The van der Waals surface area contributed by atoms with E-state index in [0.717, 1.165) is 12.0 Å². The molecule has 114 valence electrons. The fourth-order valence-corrected chi connectivity index (χ4v) is 2.64. The highest BCUT2D eigenvalue weighted by Gasteiger charge is 2.34. The van der Waals surface area contributed by atoms with Crippen LogP contribution in [0.2, 0.25) is 0 Å². The number of carbonyl (C=O) groups excluding carboxylic acids is 2. The van der Waals surface area contributed by atoms with Crippen molar-refractivity contribution >= 4 is 11.8 Å². The summed E-state index contributed by atoms with van der Waals surface area (Å²) in [5.74, 6) is -0.686. The lowest BCUT2D eigenvalue weighted by Crippen LogP contribution is -2.45. The number of hydroxylamine groups is 1. The molecule has 2 N–H and O–H groups in total. The van der Waals surface area contributed by atoms with Gasteiger partial charge >= 0.3 is 0 Å². The van der Waals surface area contributed by atoms with Gasteiger partial charge in [-0.2, -0.15) is 0 Å². The summed E-state index contributed by atoms with van der Waals surface area (Å²) >= 11 is 0. The summed E-state index contributed by atoms with van der Waals surface area (Å²) in [5.41, 5.74) is 3.40. The normalized spacial score (nSPS) is 18.7. The van der Waals surface area contributed by atoms with Gasteiger partial charge in [-0.1, -0.05) is 32.9 Å². The van der Waals surface area contributed by atoms with Crippen LogP contribution >= 0.6 is 0 Å². The van der Waals surface area contributed by atoms with E-state index >= 15 is 0 Å². The van der Waals surface area contributed by atoms with Crippen molar-refractivity contribution in [1.82, 2.24) is 10.4 Å². The predicted octanol–water partition coefficient (Wildman–Crippen LogP) is 2.09. The average Bonchev–Trinajstić information content (AvgIpc) is 2.94. The highest BCUT2D eigenvalue weighted by Crippen LogP contribution is 2.24. The van der Waals surface area contributed by atoms with Crippen molar-refractivity contribution in [2.75, 3.05) is 6.54 Å². The molecule has 1 aromatic rings. The topological polar surface area (TPSA) is 69.6 Å². The van der Waals surface area contributed by atoms with Gasteiger partial charge < -0.3 is 4.90 Å². The highest BCUT2D eigenvalue weighted by molar-refractivity contribution is 5.97. The Morgan fingerprint density at radius 1 is 1.24 bits per heavy atom. The van der Waals surface area contributed by atoms with Crippen molar-refractivity contribution in [3.63, 3.8) is 0 Å². The van der Waals surface area contributed by atoms with Gasteiger partial charge in [-0.05, 0) is 36.0 Å². The van der Waals surface area contributed by atoms with E-state index in [-0.39, 0.29) is 11.3 Å². The van der Waals surface area contributed by atoms with Gasteiger partial charge in [-0.15, -0.1) is 0 Å². The maximum absolute atomic E-state index is 12.5. The molecule has 1 saturated heterocycles. The number of nitrogens with one attached hydrogen (secondary N) is 1. The van der Waals surface area contributed by atoms with E-state index in [1.807, 2.05) is 12.1 Å². The van der Waals surface area contributed by atoms with Gasteiger partial charge in [0.1, 0.15) is 6.04 Å². The van der Waals surface area contributed by atoms with Gasteiger partial charge in [0.2, 0.25) is 0 Å². The predicted molar refractivity (Wildman–Crippen MR) is 79.1 cm³/mol. The standard InChI is InChI=1S/C16H22N2O3/c1-16(2,3)12-8-6-11(7-9-12)15(20)18-10-4-5-13(18)14(19)17-21/h6-9,13,21H,4-5,10H2,1-3H3,(H,17,19). The van der Waals surface area contributed by atoms with Crippen LogP contribution < -0.4 is 5.48 Å². The summed E-state index contributed by atoms with van der Waals surface area (Å²) in [6.07, 6.45) is 1.35. The lowest BCUT2D eigenvalue weighted by Gasteiger charge is -2.24. The summed E-state index contributed by atoms with van der Waals surface area (Å²) in [5, 5.41) is 8.75. The minimum Gasteiger partial charge on any atom is -0.327 e. The van der Waals surface area contributed by atoms with Crippen molar-refractivity contribution in [2.24, 2.45) is 0 Å². The van der Waals surface area contributed by atoms with E-state index in [9.17, 15) is 9.59 Å². The van der Waals surface area contributed by atoms with E-state index in [1.54, 1.807) is 17.6 Å². The molecule has 5 heteroatoms. The van der Waals surface area contributed by atoms with Gasteiger partial charge in [0.25, 0.3) is 11.8 Å². The number of benzene rings is 1. The molecule has 2 rings (SSSR count). The summed E-state index contributed by atoms with van der Waals surface area (Å²) in [7, 11) is 0. The monoisotopic (exact) mass is 290 g/mol. The third-order valence-electron chi connectivity index (χ3n) is 3.92. The van der Waals surface area contributed by atoms with Crippen LogP contribution in [0.1, 0.15) is 49.5 Å². The van der Waals surface area contributed by atoms with Crippen LogP contribution in [0.15, 0.2) is 24.3 Å². The summed E-state index contributed by atoms with van der Waals surface area (Å²) < 4.78 is 0. The van der Waals surface area contributed by atoms with E-state index in [4.69, 9.17) is 5.21 Å². The van der Waals surface area contributed by atoms with E-state index in [0.29, 0.717) is 18.5 Å². The number of nitrogens with zero attached hydrogens (tertiary/aromatic N) is 1. The molecule has 1 aliphatic heterocycles. The highest BCUT2D eigenvalue weighted by atomic mass is 16.5. The molecular formula is C16H22N2O3. The molecule has 0 aliphatic carbocycles. The molecule has 1 aromatic carbocycles. The zero-order chi connectivity index (χ0) is 15.6. The first-order valence-electron chi connectivity index (χ1n) is 7.20. The minimum absolute atomic E-state index is 0.0362. The van der Waals surface area contributed by atoms with Crippen molar-refractivity contribution in [3.05, 3.63) is 35.4 Å². The first kappa shape index (κ1) is 15.5. The Morgan fingerprint density at radius 3 is 2.38 bits per heavy atom. The number of hydrogen-bond acceptors (Lipinski definition) is 3. The first-order valence-corrected chi connectivity index (χ1v) is 7.20. The molecule has 1 atom stereocenters. The minimum atomic E-state index is -0.579. The first-order chi connectivity index (χ1) is 9.84. The number of hydrogen-bond donors (Lipinski definition) is 2. The molecule has 2 amide bonds. The Morgan fingerprint density at radius 2 is 1.86 bits per heavy atom. The number of likely N-dealkylation sites (tertiary alicyclic amines) is 1. The lowest BCUT2D eigenvalue weighted by molar-refractivity contribution is -0.133. The van der Waals surface area contributed by atoms with Gasteiger partial charge in [-0.25, -0.2) is 5.48 Å². The average molecular weight is 290 g/mol. The Labute approximate surface area is 124 Å². The second-order valence-corrected chi connectivity index (χ2v) is 6.46. The van der Waals surface area contributed by atoms with Gasteiger partial charge in [-0.3, -0.25) is 14.8 Å². The molecule has 0 bridgehead atoms. The van der Waals surface area contributed by atoms with Crippen LogP contribution in [0.5, 0.6) is 0 Å². The maximum Gasteiger partial charge on any atom is 0.266 e. The lowest BCUT2D eigenvalue weighted by atomic mass is 9.86. The fourth-order valence-electron chi connectivity index (χ4n) is 2.64. The number of rotatable bonds is 2. The molecule has 1 fully saturated rings. The van der Waals surface area contributed by atoms with Gasteiger partial charge in [0, 0.05) is 12.1 Å². The van der Waals surface area contributed by atoms with Crippen LogP contribution in [0.25, 0.3) is 0 Å². The quantitative estimate of drug-likeness (QED) is 0.647. The third kappa shape index (κ3) is 3.24. The maximum atomic E-state index is 12.5. The van der Waals surface area contributed by atoms with Crippen molar-refractivity contribution in [1.29, 1.82) is 0 Å². The molecule has 1 heterocycles. The SMILES string of the molecule is CC(C)(C)c1ccc(C(=O)N2CCCC2C(=O)NO)cc1. The van der Waals surface area contributed by atoms with Crippen LogP contribution in [-0.4, -0.2) is 34.5 Å². The van der Waals surface area contributed by atoms with Crippen LogP contribution in [-0.2, 0) is 10.2 Å². The molecule has 1 aliphatic rings. The molecule has 0 radical (unpaired) electrons. The largest absolute Gasteiger partial charge is 0.327 e. The third-order valence-corrected chi connectivity index (χ3v) is 3.92. The molecule has 0 spiro atoms. The van der Waals surface area contributed by atoms with E-state index in [2.05, 4.69) is 20.8 Å². The Hall–Kier alpha value is -1.88. The smallest absolute Gasteiger partial charge is 0.266 e. The molecular weight excluding hydrogens is 268 g/mol. The van der Waals surface area contributed by atoms with Crippen molar-refractivity contribution in [2.45, 2.75) is 45.1 Å². The van der Waals surface area contributed by atoms with Gasteiger partial charge in [0.05, 0.1) is 0 Å². The van der Waals surface area contributed by atoms with Crippen LogP contribution in [0.3, 0.4) is 0 Å². The van der Waals surface area contributed by atoms with Crippen molar-refractivity contribution < 1.29 is 14.8 Å². The van der Waals surface area contributed by atoms with Crippen LogP contribution in [0, 0.1) is 0 Å². The fraction of sp³-hybridized carbons (Fsp3) is 0.500.